The van der Waals surface area contributed by atoms with Gasteiger partial charge in [-0.05, 0) is 37.5 Å². The molecule has 1 amide bonds. The fourth-order valence-corrected chi connectivity index (χ4v) is 1.54. The first-order chi connectivity index (χ1) is 8.72. The van der Waals surface area contributed by atoms with Gasteiger partial charge in [-0.1, -0.05) is 12.1 Å². The number of nitrogens with one attached hydrogen (secondary N) is 1. The molecule has 1 N–H and O–H groups in total. The lowest BCUT2D eigenvalue weighted by Gasteiger charge is -2.05. The van der Waals surface area contributed by atoms with Gasteiger partial charge in [-0.15, -0.1) is 0 Å². The van der Waals surface area contributed by atoms with E-state index in [1.807, 2.05) is 6.92 Å². The quantitative estimate of drug-likeness (QED) is 0.722. The number of carbonyl (C=O) groups is 1. The molecule has 100 valence electrons. The van der Waals surface area contributed by atoms with Crippen LogP contribution in [-0.2, 0) is 16.0 Å². The molecule has 0 saturated heterocycles. The van der Waals surface area contributed by atoms with E-state index in [9.17, 15) is 9.18 Å². The first-order valence-corrected chi connectivity index (χ1v) is 6.31. The summed E-state index contributed by atoms with van der Waals surface area (Å²) in [4.78, 5) is 11.5. The first-order valence-electron chi connectivity index (χ1n) is 6.31. The van der Waals surface area contributed by atoms with Crippen molar-refractivity contribution in [1.82, 2.24) is 5.32 Å². The van der Waals surface area contributed by atoms with Crippen LogP contribution in [0.4, 0.5) is 4.39 Å². The molecule has 0 spiro atoms. The monoisotopic (exact) mass is 253 g/mol. The Hall–Kier alpha value is -1.42. The first kappa shape index (κ1) is 14.6. The summed E-state index contributed by atoms with van der Waals surface area (Å²) in [7, 11) is 0. The van der Waals surface area contributed by atoms with Gasteiger partial charge in [-0.2, -0.15) is 0 Å². The molecule has 0 saturated carbocycles. The van der Waals surface area contributed by atoms with E-state index in [0.717, 1.165) is 12.0 Å². The number of halogens is 1. The highest BCUT2D eigenvalue weighted by Gasteiger charge is 2.01. The molecule has 0 aromatic heterocycles. The zero-order valence-electron chi connectivity index (χ0n) is 10.7. The van der Waals surface area contributed by atoms with Crippen molar-refractivity contribution in [3.05, 3.63) is 35.6 Å². The second-order valence-corrected chi connectivity index (χ2v) is 4.03. The molecule has 0 atom stereocenters. The molecule has 4 heteroatoms. The second-order valence-electron chi connectivity index (χ2n) is 4.03. The highest BCUT2D eigenvalue weighted by molar-refractivity contribution is 5.76. The summed E-state index contributed by atoms with van der Waals surface area (Å²) < 4.78 is 17.8. The van der Waals surface area contributed by atoms with E-state index in [0.29, 0.717) is 32.6 Å². The Morgan fingerprint density at radius 1 is 1.33 bits per heavy atom. The smallest absolute Gasteiger partial charge is 0.220 e. The number of rotatable bonds is 8. The van der Waals surface area contributed by atoms with Gasteiger partial charge >= 0.3 is 0 Å². The van der Waals surface area contributed by atoms with Crippen LogP contribution in [0.25, 0.3) is 0 Å². The number of amides is 1. The molecule has 18 heavy (non-hydrogen) atoms. The number of hydrogen-bond donors (Lipinski definition) is 1. The summed E-state index contributed by atoms with van der Waals surface area (Å²) in [5, 5.41) is 2.83. The highest BCUT2D eigenvalue weighted by atomic mass is 19.1. The average molecular weight is 253 g/mol. The summed E-state index contributed by atoms with van der Waals surface area (Å²) in [6, 6.07) is 6.24. The molecule has 0 radical (unpaired) electrons. The van der Waals surface area contributed by atoms with Crippen LogP contribution < -0.4 is 5.32 Å². The van der Waals surface area contributed by atoms with Crippen molar-refractivity contribution in [3.63, 3.8) is 0 Å². The molecule has 0 aliphatic carbocycles. The SMILES string of the molecule is CCOCCCNC(=O)CCc1ccc(F)cc1. The molecule has 1 aromatic rings. The van der Waals surface area contributed by atoms with Crippen molar-refractivity contribution < 1.29 is 13.9 Å². The van der Waals surface area contributed by atoms with Crippen LogP contribution in [0.15, 0.2) is 24.3 Å². The maximum absolute atomic E-state index is 12.7. The Kier molecular flexibility index (Phi) is 7.03. The normalized spacial score (nSPS) is 10.3. The number of carbonyl (C=O) groups excluding carboxylic acids is 1. The van der Waals surface area contributed by atoms with Gasteiger partial charge in [0.2, 0.25) is 5.91 Å². The molecule has 0 heterocycles. The van der Waals surface area contributed by atoms with E-state index in [4.69, 9.17) is 4.74 Å². The predicted molar refractivity (Wildman–Crippen MR) is 68.8 cm³/mol. The Bertz CT molecular complexity index is 351. The molecule has 1 rings (SSSR count). The maximum atomic E-state index is 12.7. The van der Waals surface area contributed by atoms with E-state index in [2.05, 4.69) is 5.32 Å². The van der Waals surface area contributed by atoms with Gasteiger partial charge in [0, 0.05) is 26.2 Å². The van der Waals surface area contributed by atoms with Gasteiger partial charge in [0.05, 0.1) is 0 Å². The number of ether oxygens (including phenoxy) is 1. The summed E-state index contributed by atoms with van der Waals surface area (Å²) in [5.41, 5.74) is 0.973. The van der Waals surface area contributed by atoms with Crippen molar-refractivity contribution in [2.75, 3.05) is 19.8 Å². The van der Waals surface area contributed by atoms with Gasteiger partial charge in [0.25, 0.3) is 0 Å². The molecule has 1 aromatic carbocycles. The van der Waals surface area contributed by atoms with E-state index in [1.54, 1.807) is 12.1 Å². The molecular formula is C14H20FNO2. The van der Waals surface area contributed by atoms with Crippen molar-refractivity contribution in [1.29, 1.82) is 0 Å². The van der Waals surface area contributed by atoms with Gasteiger partial charge in [0.1, 0.15) is 5.82 Å². The number of aryl methyl sites for hydroxylation is 1. The van der Waals surface area contributed by atoms with Crippen LogP contribution in [0.1, 0.15) is 25.3 Å². The van der Waals surface area contributed by atoms with Crippen LogP contribution in [0.2, 0.25) is 0 Å². The fraction of sp³-hybridized carbons (Fsp3) is 0.500. The van der Waals surface area contributed by atoms with Gasteiger partial charge < -0.3 is 10.1 Å². The molecule has 3 nitrogen and oxygen atoms in total. The highest BCUT2D eigenvalue weighted by Crippen LogP contribution is 2.05. The Labute approximate surface area is 107 Å². The van der Waals surface area contributed by atoms with E-state index in [1.165, 1.54) is 12.1 Å². The summed E-state index contributed by atoms with van der Waals surface area (Å²) in [5.74, 6) is -0.227. The molecule has 0 fully saturated rings. The van der Waals surface area contributed by atoms with Crippen LogP contribution in [0.5, 0.6) is 0 Å². The van der Waals surface area contributed by atoms with E-state index in [-0.39, 0.29) is 11.7 Å². The van der Waals surface area contributed by atoms with Crippen molar-refractivity contribution in [3.8, 4) is 0 Å². The number of hydrogen-bond acceptors (Lipinski definition) is 2. The lowest BCUT2D eigenvalue weighted by Crippen LogP contribution is -2.25. The third-order valence-corrected chi connectivity index (χ3v) is 2.55. The molecule has 0 aliphatic heterocycles. The third kappa shape index (κ3) is 6.35. The zero-order valence-corrected chi connectivity index (χ0v) is 10.7. The molecule has 0 aliphatic rings. The topological polar surface area (TPSA) is 38.3 Å². The fourth-order valence-electron chi connectivity index (χ4n) is 1.54. The molecular weight excluding hydrogens is 233 g/mol. The second kappa shape index (κ2) is 8.64. The van der Waals surface area contributed by atoms with Crippen molar-refractivity contribution in [2.24, 2.45) is 0 Å². The Morgan fingerprint density at radius 3 is 2.72 bits per heavy atom. The van der Waals surface area contributed by atoms with Crippen LogP contribution in [0.3, 0.4) is 0 Å². The Morgan fingerprint density at radius 2 is 2.06 bits per heavy atom. The zero-order chi connectivity index (χ0) is 13.2. The predicted octanol–water partition coefficient (Wildman–Crippen LogP) is 2.30. The standard InChI is InChI=1S/C14H20FNO2/c1-2-18-11-3-10-16-14(17)9-6-12-4-7-13(15)8-5-12/h4-5,7-8H,2-3,6,9-11H2,1H3,(H,16,17). The van der Waals surface area contributed by atoms with E-state index >= 15 is 0 Å². The van der Waals surface area contributed by atoms with Crippen LogP contribution >= 0.6 is 0 Å². The van der Waals surface area contributed by atoms with Gasteiger partial charge in [-0.25, -0.2) is 4.39 Å². The maximum Gasteiger partial charge on any atom is 0.220 e. The third-order valence-electron chi connectivity index (χ3n) is 2.55. The number of benzene rings is 1. The summed E-state index contributed by atoms with van der Waals surface area (Å²) in [6.45, 7) is 3.97. The lowest BCUT2D eigenvalue weighted by atomic mass is 10.1. The van der Waals surface area contributed by atoms with Crippen molar-refractivity contribution in [2.45, 2.75) is 26.2 Å². The van der Waals surface area contributed by atoms with Crippen LogP contribution in [0, 0.1) is 5.82 Å². The minimum atomic E-state index is -0.251. The average Bonchev–Trinajstić information content (AvgIpc) is 2.38. The Balaban J connectivity index is 2.11. The van der Waals surface area contributed by atoms with Gasteiger partial charge in [-0.3, -0.25) is 4.79 Å². The largest absolute Gasteiger partial charge is 0.382 e. The summed E-state index contributed by atoms with van der Waals surface area (Å²) in [6.07, 6.45) is 1.90. The van der Waals surface area contributed by atoms with Gasteiger partial charge in [0.15, 0.2) is 0 Å². The molecule has 0 bridgehead atoms. The van der Waals surface area contributed by atoms with Crippen molar-refractivity contribution >= 4 is 5.91 Å². The minimum absolute atomic E-state index is 0.0239. The minimum Gasteiger partial charge on any atom is -0.382 e. The molecule has 0 unspecified atom stereocenters. The lowest BCUT2D eigenvalue weighted by molar-refractivity contribution is -0.121. The van der Waals surface area contributed by atoms with E-state index < -0.39 is 0 Å². The summed E-state index contributed by atoms with van der Waals surface area (Å²) >= 11 is 0. The van der Waals surface area contributed by atoms with Crippen LogP contribution in [-0.4, -0.2) is 25.7 Å².